The van der Waals surface area contributed by atoms with Crippen molar-refractivity contribution in [2.45, 2.75) is 24.9 Å². The number of aldehydes is 1. The number of ether oxygens (including phenoxy) is 3. The number of furan rings is 1. The molecule has 12 nitrogen and oxygen atoms in total. The third-order valence-electron chi connectivity index (χ3n) is 8.30. The van der Waals surface area contributed by atoms with Crippen LogP contribution in [-0.2, 0) is 25.3 Å². The Kier molecular flexibility index (Phi) is 11.0. The molecule has 2 amide bonds. The smallest absolute Gasteiger partial charge is 0.416 e. The summed E-state index contributed by atoms with van der Waals surface area (Å²) < 4.78 is 61.7. The van der Waals surface area contributed by atoms with Crippen LogP contribution < -0.4 is 20.1 Å². The van der Waals surface area contributed by atoms with Crippen molar-refractivity contribution in [2.75, 3.05) is 40.0 Å². The Morgan fingerprint density at radius 1 is 0.981 bits per heavy atom. The lowest BCUT2D eigenvalue weighted by Crippen LogP contribution is -2.32. The first-order valence-corrected chi connectivity index (χ1v) is 16.4. The molecular weight excluding hydrogens is 683 g/mol. The topological polar surface area (TPSA) is 158 Å². The van der Waals surface area contributed by atoms with Gasteiger partial charge >= 0.3 is 6.18 Å². The summed E-state index contributed by atoms with van der Waals surface area (Å²) in [6.07, 6.45) is -0.0423. The molecule has 0 aliphatic carbocycles. The number of hydrogen-bond acceptors (Lipinski definition) is 9. The summed E-state index contributed by atoms with van der Waals surface area (Å²) >= 11 is 0. The van der Waals surface area contributed by atoms with Crippen LogP contribution >= 0.6 is 0 Å². The third-order valence-corrected chi connectivity index (χ3v) is 8.30. The number of aromatic amines is 1. The Hall–Kier alpha value is -5.96. The Balaban J connectivity index is 0.908. The first-order chi connectivity index (χ1) is 25.1. The van der Waals surface area contributed by atoms with Gasteiger partial charge in [-0.15, -0.1) is 0 Å². The number of H-pyrrole nitrogens is 1. The van der Waals surface area contributed by atoms with Crippen molar-refractivity contribution < 1.29 is 46.2 Å². The number of imidazole rings is 1. The largest absolute Gasteiger partial charge is 0.491 e. The molecule has 0 aliphatic heterocycles. The predicted octanol–water partition coefficient (Wildman–Crippen LogP) is 5.94. The lowest BCUT2D eigenvalue weighted by Gasteiger charge is -2.11. The average molecular weight is 718 g/mol. The SMILES string of the molecule is CNC(=O)CCC(C=O)c1coc2ccc3cc(OCCOCCNC(=O)COc4ccc(-c5nc6ccc(C(F)(F)F)cc6[nH]5)nc4)ccc3c12. The minimum atomic E-state index is -4.46. The first-order valence-electron chi connectivity index (χ1n) is 16.4. The van der Waals surface area contributed by atoms with Crippen LogP contribution in [0, 0.1) is 0 Å². The lowest BCUT2D eigenvalue weighted by atomic mass is 9.92. The predicted molar refractivity (Wildman–Crippen MR) is 185 cm³/mol. The molecule has 0 saturated heterocycles. The number of rotatable bonds is 16. The van der Waals surface area contributed by atoms with E-state index in [0.717, 1.165) is 40.1 Å². The van der Waals surface area contributed by atoms with E-state index in [2.05, 4.69) is 25.6 Å². The van der Waals surface area contributed by atoms with Crippen LogP contribution in [0.4, 0.5) is 13.2 Å². The van der Waals surface area contributed by atoms with Crippen LogP contribution in [0.5, 0.6) is 11.5 Å². The number of nitrogens with one attached hydrogen (secondary N) is 3. The van der Waals surface area contributed by atoms with Gasteiger partial charge in [0, 0.05) is 36.9 Å². The molecule has 15 heteroatoms. The van der Waals surface area contributed by atoms with Gasteiger partial charge < -0.3 is 39.0 Å². The maximum atomic E-state index is 13.0. The summed E-state index contributed by atoms with van der Waals surface area (Å²) in [6.45, 7) is 0.819. The monoisotopic (exact) mass is 717 g/mol. The van der Waals surface area contributed by atoms with Gasteiger partial charge in [0.1, 0.15) is 35.7 Å². The van der Waals surface area contributed by atoms with Crippen molar-refractivity contribution >= 4 is 50.9 Å². The molecule has 0 saturated carbocycles. The van der Waals surface area contributed by atoms with Gasteiger partial charge in [-0.1, -0.05) is 6.07 Å². The van der Waals surface area contributed by atoms with Crippen molar-refractivity contribution in [3.63, 3.8) is 0 Å². The highest BCUT2D eigenvalue weighted by Gasteiger charge is 2.30. The Morgan fingerprint density at radius 2 is 1.83 bits per heavy atom. The van der Waals surface area contributed by atoms with Crippen molar-refractivity contribution in [2.24, 2.45) is 0 Å². The summed E-state index contributed by atoms with van der Waals surface area (Å²) in [7, 11) is 1.56. The number of fused-ring (bicyclic) bond motifs is 4. The number of benzene rings is 3. The highest BCUT2D eigenvalue weighted by Crippen LogP contribution is 2.36. The Labute approximate surface area is 294 Å². The number of pyridine rings is 1. The third kappa shape index (κ3) is 8.49. The highest BCUT2D eigenvalue weighted by atomic mass is 19.4. The van der Waals surface area contributed by atoms with Gasteiger partial charge in [-0.25, -0.2) is 9.97 Å². The van der Waals surface area contributed by atoms with Crippen molar-refractivity contribution in [3.8, 4) is 23.0 Å². The number of amides is 2. The van der Waals surface area contributed by atoms with Gasteiger partial charge in [-0.3, -0.25) is 9.59 Å². The van der Waals surface area contributed by atoms with E-state index in [1.54, 1.807) is 25.4 Å². The first kappa shape index (κ1) is 35.9. The summed E-state index contributed by atoms with van der Waals surface area (Å²) in [5.74, 6) is 0.289. The average Bonchev–Trinajstić information content (AvgIpc) is 3.78. The van der Waals surface area contributed by atoms with Gasteiger partial charge in [0.2, 0.25) is 5.91 Å². The zero-order valence-corrected chi connectivity index (χ0v) is 27.9. The Bertz CT molecular complexity index is 2200. The molecule has 0 aliphatic rings. The fraction of sp³-hybridized carbons (Fsp3) is 0.270. The number of carbonyl (C=O) groups is 3. The second-order valence-electron chi connectivity index (χ2n) is 11.8. The number of alkyl halides is 3. The van der Waals surface area contributed by atoms with E-state index in [1.807, 2.05) is 30.3 Å². The molecule has 6 rings (SSSR count). The fourth-order valence-electron chi connectivity index (χ4n) is 5.64. The normalized spacial score (nSPS) is 12.2. The fourth-order valence-corrected chi connectivity index (χ4v) is 5.64. The van der Waals surface area contributed by atoms with E-state index in [-0.39, 0.29) is 56.7 Å². The minimum Gasteiger partial charge on any atom is -0.491 e. The van der Waals surface area contributed by atoms with Crippen LogP contribution in [0.15, 0.2) is 77.5 Å². The molecule has 6 aromatic rings. The van der Waals surface area contributed by atoms with Gasteiger partial charge in [-0.05, 0) is 71.8 Å². The van der Waals surface area contributed by atoms with E-state index in [4.69, 9.17) is 18.6 Å². The summed E-state index contributed by atoms with van der Waals surface area (Å²) in [6, 6.07) is 15.8. The van der Waals surface area contributed by atoms with Crippen LogP contribution in [0.3, 0.4) is 0 Å². The minimum absolute atomic E-state index is 0.133. The van der Waals surface area contributed by atoms with Gasteiger partial charge in [-0.2, -0.15) is 13.2 Å². The summed E-state index contributed by atoms with van der Waals surface area (Å²) in [4.78, 5) is 47.2. The second-order valence-corrected chi connectivity index (χ2v) is 11.8. The molecule has 1 unspecified atom stereocenters. The molecule has 0 bridgehead atoms. The second kappa shape index (κ2) is 15.9. The van der Waals surface area contributed by atoms with Crippen molar-refractivity contribution in [1.29, 1.82) is 0 Å². The zero-order valence-electron chi connectivity index (χ0n) is 27.9. The maximum Gasteiger partial charge on any atom is 0.416 e. The number of aromatic nitrogens is 3. The van der Waals surface area contributed by atoms with Crippen molar-refractivity contribution in [1.82, 2.24) is 25.6 Å². The number of nitrogens with zero attached hydrogens (tertiary/aromatic N) is 2. The number of carbonyl (C=O) groups excluding carboxylic acids is 3. The molecular formula is C37H34F3N5O7. The molecule has 0 radical (unpaired) electrons. The maximum absolute atomic E-state index is 13.0. The van der Waals surface area contributed by atoms with Crippen LogP contribution in [0.25, 0.3) is 44.3 Å². The van der Waals surface area contributed by atoms with Crippen LogP contribution in [0.1, 0.15) is 29.9 Å². The van der Waals surface area contributed by atoms with Crippen molar-refractivity contribution in [3.05, 3.63) is 84.3 Å². The molecule has 3 heterocycles. The molecule has 3 N–H and O–H groups in total. The standard InChI is InChI=1S/C37H34F3N5O7/c1-41-33(47)11-3-23(19-46)28-20-52-32-10-2-22-16-25(5-7-27(22)35(28)32)50-15-14-49-13-12-42-34(48)21-51-26-6-9-30(43-18-26)36-44-29-8-4-24(37(38,39)40)17-31(29)45-36/h2,4-10,16-20,23H,3,11-15,21H2,1H3,(H,41,47)(H,42,48)(H,44,45). The zero-order chi connectivity index (χ0) is 36.7. The van der Waals surface area contributed by atoms with E-state index in [9.17, 15) is 27.6 Å². The molecule has 52 heavy (non-hydrogen) atoms. The highest BCUT2D eigenvalue weighted by molar-refractivity contribution is 6.08. The van der Waals surface area contributed by atoms with Gasteiger partial charge in [0.25, 0.3) is 5.91 Å². The summed E-state index contributed by atoms with van der Waals surface area (Å²) in [5.41, 5.74) is 1.62. The van der Waals surface area contributed by atoms with E-state index in [1.165, 1.54) is 12.3 Å². The molecule has 3 aromatic carbocycles. The van der Waals surface area contributed by atoms with E-state index < -0.39 is 17.7 Å². The molecule has 270 valence electrons. The molecule has 0 fully saturated rings. The molecule has 0 spiro atoms. The Morgan fingerprint density at radius 3 is 2.60 bits per heavy atom. The number of halogens is 3. The van der Waals surface area contributed by atoms with Gasteiger partial charge in [0.15, 0.2) is 12.4 Å². The summed E-state index contributed by atoms with van der Waals surface area (Å²) in [5, 5.41) is 7.91. The molecule has 3 aromatic heterocycles. The quantitative estimate of drug-likeness (QED) is 0.0814. The van der Waals surface area contributed by atoms with E-state index in [0.29, 0.717) is 40.5 Å². The van der Waals surface area contributed by atoms with Gasteiger partial charge in [0.05, 0.1) is 42.3 Å². The number of hydrogen-bond donors (Lipinski definition) is 3. The van der Waals surface area contributed by atoms with Crippen LogP contribution in [0.2, 0.25) is 0 Å². The van der Waals surface area contributed by atoms with E-state index >= 15 is 0 Å². The van der Waals surface area contributed by atoms with Crippen LogP contribution in [-0.4, -0.2) is 73.1 Å². The lowest BCUT2D eigenvalue weighted by molar-refractivity contribution is -0.137. The molecule has 1 atom stereocenters.